The van der Waals surface area contributed by atoms with Gasteiger partial charge in [0.15, 0.2) is 5.96 Å². The van der Waals surface area contributed by atoms with Crippen LogP contribution in [-0.2, 0) is 0 Å². The molecule has 2 rings (SSSR count). The number of methoxy groups -OCH3 is 1. The van der Waals surface area contributed by atoms with Crippen molar-refractivity contribution in [1.82, 2.24) is 0 Å². The minimum Gasteiger partial charge on any atom is -0.497 e. The fourth-order valence-electron chi connectivity index (χ4n) is 1.72. The molecule has 0 amide bonds. The molecule has 0 aliphatic rings. The van der Waals surface area contributed by atoms with E-state index in [1.165, 1.54) is 0 Å². The van der Waals surface area contributed by atoms with Crippen LogP contribution in [0.3, 0.4) is 0 Å². The van der Waals surface area contributed by atoms with Crippen molar-refractivity contribution in [3.8, 4) is 11.5 Å². The van der Waals surface area contributed by atoms with Crippen LogP contribution in [0.25, 0.3) is 0 Å². The van der Waals surface area contributed by atoms with Crippen LogP contribution in [0.4, 0.5) is 5.69 Å². The highest BCUT2D eigenvalue weighted by Crippen LogP contribution is 2.15. The van der Waals surface area contributed by atoms with E-state index in [1.54, 1.807) is 19.2 Å². The number of guanidine groups is 1. The summed E-state index contributed by atoms with van der Waals surface area (Å²) in [6, 6.07) is 14.6. The molecule has 5 nitrogen and oxygen atoms in total. The molecule has 0 bridgehead atoms. The monoisotopic (exact) mass is 447 g/mol. The molecule has 0 spiro atoms. The predicted molar refractivity (Wildman–Crippen MR) is 105 cm³/mol. The number of ether oxygens (including phenoxy) is 2. The van der Waals surface area contributed by atoms with Crippen molar-refractivity contribution in [3.63, 3.8) is 0 Å². The molecule has 0 aliphatic heterocycles. The van der Waals surface area contributed by atoms with E-state index in [0.29, 0.717) is 24.1 Å². The maximum atomic E-state index is 5.81. The van der Waals surface area contributed by atoms with Crippen molar-refractivity contribution in [1.29, 1.82) is 0 Å². The first kappa shape index (κ1) is 19.4. The van der Waals surface area contributed by atoms with Crippen molar-refractivity contribution in [3.05, 3.63) is 53.6 Å². The summed E-state index contributed by atoms with van der Waals surface area (Å²) < 4.78 is 10.6. The lowest BCUT2D eigenvalue weighted by molar-refractivity contribution is 0.329. The van der Waals surface area contributed by atoms with E-state index in [0.717, 1.165) is 17.2 Å². The quantitative estimate of drug-likeness (QED) is 0.306. The maximum Gasteiger partial charge on any atom is 0.193 e. The lowest BCUT2D eigenvalue weighted by Gasteiger charge is -2.07. The van der Waals surface area contributed by atoms with Crippen LogP contribution in [0.1, 0.15) is 0 Å². The summed E-state index contributed by atoms with van der Waals surface area (Å²) in [5.41, 5.74) is 6.66. The van der Waals surface area contributed by atoms with Crippen molar-refractivity contribution in [2.75, 3.05) is 25.6 Å². The molecule has 0 atom stereocenters. The van der Waals surface area contributed by atoms with Gasteiger partial charge in [0, 0.05) is 10.7 Å². The molecule has 0 fully saturated rings. The zero-order chi connectivity index (χ0) is 15.8. The summed E-state index contributed by atoms with van der Waals surface area (Å²) in [5, 5.41) is 3.68. The topological polar surface area (TPSA) is 68.9 Å². The SMILES string of the molecule is COc1ccc(NC(N)=NCCOc2ccc(Cl)cc2)cc1.I. The largest absolute Gasteiger partial charge is 0.497 e. The first-order valence-corrected chi connectivity index (χ1v) is 7.14. The standard InChI is InChI=1S/C16H18ClN3O2.HI/c1-21-14-8-4-13(5-9-14)20-16(18)19-10-11-22-15-6-2-12(17)3-7-15;/h2-9H,10-11H2,1H3,(H3,18,19,20);1H. The summed E-state index contributed by atoms with van der Waals surface area (Å²) >= 11 is 5.80. The number of nitrogens with zero attached hydrogens (tertiary/aromatic N) is 1. The van der Waals surface area contributed by atoms with E-state index in [9.17, 15) is 0 Å². The van der Waals surface area contributed by atoms with Gasteiger partial charge in [-0.1, -0.05) is 11.6 Å². The highest BCUT2D eigenvalue weighted by Gasteiger charge is 1.97. The van der Waals surface area contributed by atoms with Gasteiger partial charge in [-0.3, -0.25) is 0 Å². The third kappa shape index (κ3) is 6.96. The number of rotatable bonds is 6. The molecule has 0 unspecified atom stereocenters. The Hall–Kier alpha value is -1.67. The Kier molecular flexibility index (Phi) is 8.57. The second-order valence-electron chi connectivity index (χ2n) is 4.42. The molecule has 23 heavy (non-hydrogen) atoms. The molecular weight excluding hydrogens is 429 g/mol. The number of benzene rings is 2. The predicted octanol–water partition coefficient (Wildman–Crippen LogP) is 3.77. The third-order valence-corrected chi connectivity index (χ3v) is 3.07. The first-order valence-electron chi connectivity index (χ1n) is 6.77. The maximum absolute atomic E-state index is 5.81. The van der Waals surface area contributed by atoms with Crippen LogP contribution in [0.2, 0.25) is 5.02 Å². The Morgan fingerprint density at radius 1 is 1.09 bits per heavy atom. The van der Waals surface area contributed by atoms with Gasteiger partial charge in [0.25, 0.3) is 0 Å². The highest BCUT2D eigenvalue weighted by molar-refractivity contribution is 14.0. The van der Waals surface area contributed by atoms with E-state index in [2.05, 4.69) is 10.3 Å². The van der Waals surface area contributed by atoms with Crippen LogP contribution in [0.5, 0.6) is 11.5 Å². The number of halogens is 2. The summed E-state index contributed by atoms with van der Waals surface area (Å²) in [5.74, 6) is 1.88. The zero-order valence-electron chi connectivity index (χ0n) is 12.7. The van der Waals surface area contributed by atoms with Gasteiger partial charge in [-0.25, -0.2) is 4.99 Å². The summed E-state index contributed by atoms with van der Waals surface area (Å²) in [6.45, 7) is 0.893. The van der Waals surface area contributed by atoms with Gasteiger partial charge in [-0.15, -0.1) is 24.0 Å². The molecule has 2 aromatic rings. The number of hydrogen-bond acceptors (Lipinski definition) is 3. The minimum atomic E-state index is 0. The van der Waals surface area contributed by atoms with E-state index in [4.69, 9.17) is 26.8 Å². The fourth-order valence-corrected chi connectivity index (χ4v) is 1.85. The van der Waals surface area contributed by atoms with Gasteiger partial charge in [-0.2, -0.15) is 0 Å². The second kappa shape index (κ2) is 10.2. The second-order valence-corrected chi connectivity index (χ2v) is 4.86. The Morgan fingerprint density at radius 2 is 1.70 bits per heavy atom. The van der Waals surface area contributed by atoms with Crippen LogP contribution in [0.15, 0.2) is 53.5 Å². The molecule has 0 aromatic heterocycles. The molecule has 0 saturated carbocycles. The first-order chi connectivity index (χ1) is 10.7. The zero-order valence-corrected chi connectivity index (χ0v) is 15.7. The molecule has 0 heterocycles. The Morgan fingerprint density at radius 3 is 2.30 bits per heavy atom. The molecular formula is C16H19ClIN3O2. The van der Waals surface area contributed by atoms with Gasteiger partial charge in [0.05, 0.1) is 13.7 Å². The molecule has 0 aliphatic carbocycles. The van der Waals surface area contributed by atoms with Gasteiger partial charge < -0.3 is 20.5 Å². The normalized spacial score (nSPS) is 10.6. The molecule has 124 valence electrons. The molecule has 3 N–H and O–H groups in total. The lowest BCUT2D eigenvalue weighted by Crippen LogP contribution is -2.23. The average Bonchev–Trinajstić information content (AvgIpc) is 2.54. The van der Waals surface area contributed by atoms with Crippen LogP contribution in [-0.4, -0.2) is 26.2 Å². The smallest absolute Gasteiger partial charge is 0.193 e. The van der Waals surface area contributed by atoms with Crippen molar-refractivity contribution >= 4 is 47.2 Å². The third-order valence-electron chi connectivity index (χ3n) is 2.82. The van der Waals surface area contributed by atoms with E-state index >= 15 is 0 Å². The van der Waals surface area contributed by atoms with Crippen LogP contribution in [0, 0.1) is 0 Å². The van der Waals surface area contributed by atoms with Gasteiger partial charge in [0.1, 0.15) is 18.1 Å². The Bertz CT molecular complexity index is 618. The lowest BCUT2D eigenvalue weighted by atomic mass is 10.3. The fraction of sp³-hybridized carbons (Fsp3) is 0.188. The summed E-state index contributed by atoms with van der Waals surface area (Å²) in [6.07, 6.45) is 0. The highest BCUT2D eigenvalue weighted by atomic mass is 127. The minimum absolute atomic E-state index is 0. The number of aliphatic imine (C=N–C) groups is 1. The Labute approximate surface area is 157 Å². The molecule has 0 radical (unpaired) electrons. The molecule has 7 heteroatoms. The van der Waals surface area contributed by atoms with E-state index in [-0.39, 0.29) is 24.0 Å². The Balaban J connectivity index is 0.00000264. The van der Waals surface area contributed by atoms with Crippen molar-refractivity contribution < 1.29 is 9.47 Å². The number of nitrogens with two attached hydrogens (primary N) is 1. The van der Waals surface area contributed by atoms with Crippen molar-refractivity contribution in [2.45, 2.75) is 0 Å². The number of hydrogen-bond donors (Lipinski definition) is 2. The molecule has 0 saturated heterocycles. The average molecular weight is 448 g/mol. The van der Waals surface area contributed by atoms with E-state index < -0.39 is 0 Å². The van der Waals surface area contributed by atoms with Crippen molar-refractivity contribution in [2.24, 2.45) is 10.7 Å². The summed E-state index contributed by atoms with van der Waals surface area (Å²) in [4.78, 5) is 4.20. The molecule has 2 aromatic carbocycles. The van der Waals surface area contributed by atoms with Gasteiger partial charge in [-0.05, 0) is 48.5 Å². The van der Waals surface area contributed by atoms with E-state index in [1.807, 2.05) is 36.4 Å². The van der Waals surface area contributed by atoms with Crippen LogP contribution >= 0.6 is 35.6 Å². The summed E-state index contributed by atoms with van der Waals surface area (Å²) in [7, 11) is 1.62. The number of nitrogens with one attached hydrogen (secondary N) is 1. The van der Waals surface area contributed by atoms with Crippen LogP contribution < -0.4 is 20.5 Å². The van der Waals surface area contributed by atoms with Gasteiger partial charge >= 0.3 is 0 Å². The van der Waals surface area contributed by atoms with Gasteiger partial charge in [0.2, 0.25) is 0 Å². The number of anilines is 1.